The van der Waals surface area contributed by atoms with E-state index < -0.39 is 27.7 Å². The second kappa shape index (κ2) is 3.19. The molecule has 0 aliphatic carbocycles. The first-order chi connectivity index (χ1) is 5.91. The molecule has 0 aliphatic heterocycles. The Morgan fingerprint density at radius 3 is 2.62 bits per heavy atom. The van der Waals surface area contributed by atoms with Gasteiger partial charge < -0.3 is 9.67 Å². The molecule has 0 radical (unpaired) electrons. The van der Waals surface area contributed by atoms with Gasteiger partial charge in [-0.2, -0.15) is 8.42 Å². The number of nitrogens with zero attached hydrogens (tertiary/aromatic N) is 1. The van der Waals surface area contributed by atoms with Gasteiger partial charge in [-0.3, -0.25) is 9.35 Å². The number of carboxylic acid groups (broad SMARTS) is 1. The van der Waals surface area contributed by atoms with Crippen LogP contribution in [0.3, 0.4) is 0 Å². The van der Waals surface area contributed by atoms with Gasteiger partial charge in [-0.05, 0) is 12.1 Å². The summed E-state index contributed by atoms with van der Waals surface area (Å²) in [6.07, 6.45) is 1.26. The molecule has 7 heteroatoms. The van der Waals surface area contributed by atoms with Gasteiger partial charge in [0.25, 0.3) is 0 Å². The molecule has 0 aromatic carbocycles. The summed E-state index contributed by atoms with van der Waals surface area (Å²) >= 11 is 0. The van der Waals surface area contributed by atoms with Crippen LogP contribution in [0.15, 0.2) is 23.4 Å². The molecule has 0 saturated heterocycles. The van der Waals surface area contributed by atoms with E-state index in [2.05, 4.69) is 0 Å². The van der Waals surface area contributed by atoms with E-state index in [0.29, 0.717) is 0 Å². The minimum Gasteiger partial charge on any atom is -0.480 e. The fraction of sp³-hybridized carbons (Fsp3) is 0.167. The normalized spacial score (nSPS) is 11.5. The number of aliphatic carboxylic acids is 1. The van der Waals surface area contributed by atoms with Gasteiger partial charge in [0.1, 0.15) is 6.54 Å². The van der Waals surface area contributed by atoms with Crippen molar-refractivity contribution in [3.63, 3.8) is 0 Å². The van der Waals surface area contributed by atoms with E-state index in [9.17, 15) is 13.2 Å². The number of rotatable bonds is 3. The fourth-order valence-electron chi connectivity index (χ4n) is 0.909. The number of hydrogen-bond acceptors (Lipinski definition) is 3. The molecular formula is C6H7NO5S. The largest absolute Gasteiger partial charge is 0.480 e. The predicted molar refractivity (Wildman–Crippen MR) is 41.9 cm³/mol. The Kier molecular flexibility index (Phi) is 2.39. The molecule has 1 aromatic heterocycles. The van der Waals surface area contributed by atoms with Gasteiger partial charge in [0, 0.05) is 6.20 Å². The van der Waals surface area contributed by atoms with Gasteiger partial charge in [-0.25, -0.2) is 0 Å². The molecule has 13 heavy (non-hydrogen) atoms. The molecule has 0 unspecified atom stereocenters. The average molecular weight is 205 g/mol. The van der Waals surface area contributed by atoms with Crippen molar-refractivity contribution >= 4 is 16.1 Å². The van der Waals surface area contributed by atoms with Gasteiger partial charge in [-0.1, -0.05) is 0 Å². The zero-order valence-corrected chi connectivity index (χ0v) is 7.23. The first-order valence-electron chi connectivity index (χ1n) is 3.25. The number of carbonyl (C=O) groups is 1. The zero-order chi connectivity index (χ0) is 10.1. The number of aromatic nitrogens is 1. The highest BCUT2D eigenvalue weighted by Gasteiger charge is 2.15. The van der Waals surface area contributed by atoms with Crippen LogP contribution < -0.4 is 0 Å². The molecule has 1 heterocycles. The van der Waals surface area contributed by atoms with Crippen LogP contribution in [0.2, 0.25) is 0 Å². The molecule has 0 spiro atoms. The van der Waals surface area contributed by atoms with Crippen LogP contribution in [-0.4, -0.2) is 28.6 Å². The first kappa shape index (κ1) is 9.75. The molecule has 0 aliphatic rings. The number of hydrogen-bond donors (Lipinski definition) is 2. The van der Waals surface area contributed by atoms with E-state index >= 15 is 0 Å². The van der Waals surface area contributed by atoms with Crippen LogP contribution in [0.5, 0.6) is 0 Å². The minimum atomic E-state index is -4.34. The summed E-state index contributed by atoms with van der Waals surface area (Å²) in [5, 5.41) is 7.96. The van der Waals surface area contributed by atoms with Crippen molar-refractivity contribution < 1.29 is 22.9 Å². The maximum absolute atomic E-state index is 10.6. The lowest BCUT2D eigenvalue weighted by Crippen LogP contribution is -2.13. The van der Waals surface area contributed by atoms with E-state index in [-0.39, 0.29) is 0 Å². The molecule has 6 nitrogen and oxygen atoms in total. The monoisotopic (exact) mass is 205 g/mol. The van der Waals surface area contributed by atoms with Crippen LogP contribution in [0.1, 0.15) is 0 Å². The number of carboxylic acids is 1. The summed E-state index contributed by atoms with van der Waals surface area (Å²) in [6, 6.07) is 2.46. The van der Waals surface area contributed by atoms with E-state index in [1.165, 1.54) is 12.3 Å². The van der Waals surface area contributed by atoms with Gasteiger partial charge in [0.15, 0.2) is 5.03 Å². The van der Waals surface area contributed by atoms with Gasteiger partial charge in [0.2, 0.25) is 0 Å². The lowest BCUT2D eigenvalue weighted by Gasteiger charge is -2.02. The SMILES string of the molecule is O=C(O)Cn1cccc1S(=O)(=O)O. The van der Waals surface area contributed by atoms with Crippen LogP contribution in [-0.2, 0) is 21.5 Å². The molecule has 0 atom stereocenters. The lowest BCUT2D eigenvalue weighted by atomic mass is 10.6. The van der Waals surface area contributed by atoms with E-state index in [0.717, 1.165) is 10.6 Å². The van der Waals surface area contributed by atoms with Crippen LogP contribution in [0, 0.1) is 0 Å². The maximum Gasteiger partial charge on any atom is 0.323 e. The summed E-state index contributed by atoms with van der Waals surface area (Å²) < 4.78 is 30.8. The standard InChI is InChI=1S/C6H7NO5S/c8-6(9)4-7-3-1-2-5(7)13(10,11)12/h1-3H,4H2,(H,8,9)(H,10,11,12). The van der Waals surface area contributed by atoms with Crippen molar-refractivity contribution in [1.29, 1.82) is 0 Å². The minimum absolute atomic E-state index is 0.421. The molecule has 1 aromatic rings. The quantitative estimate of drug-likeness (QED) is 0.667. The Morgan fingerprint density at radius 1 is 1.54 bits per heavy atom. The highest BCUT2D eigenvalue weighted by atomic mass is 32.2. The molecule has 1 rings (SSSR count). The Balaban J connectivity index is 3.11. The summed E-state index contributed by atoms with van der Waals surface area (Å²) in [6.45, 7) is -0.498. The Bertz CT molecular complexity index is 418. The van der Waals surface area contributed by atoms with Crippen LogP contribution in [0.4, 0.5) is 0 Å². The Hall–Kier alpha value is -1.34. The van der Waals surface area contributed by atoms with Gasteiger partial charge >= 0.3 is 16.1 Å². The first-order valence-corrected chi connectivity index (χ1v) is 4.69. The van der Waals surface area contributed by atoms with Crippen molar-refractivity contribution in [3.05, 3.63) is 18.3 Å². The highest BCUT2D eigenvalue weighted by Crippen LogP contribution is 2.08. The third-order valence-electron chi connectivity index (χ3n) is 1.36. The molecule has 2 N–H and O–H groups in total. The van der Waals surface area contributed by atoms with E-state index in [1.807, 2.05) is 0 Å². The zero-order valence-electron chi connectivity index (χ0n) is 6.41. The van der Waals surface area contributed by atoms with Crippen molar-refractivity contribution in [2.75, 3.05) is 0 Å². The highest BCUT2D eigenvalue weighted by molar-refractivity contribution is 7.85. The van der Waals surface area contributed by atoms with Crippen molar-refractivity contribution in [2.45, 2.75) is 11.6 Å². The Labute approximate surface area is 74.2 Å². The molecule has 0 amide bonds. The van der Waals surface area contributed by atoms with Crippen LogP contribution >= 0.6 is 0 Å². The second-order valence-electron chi connectivity index (χ2n) is 2.34. The molecular weight excluding hydrogens is 198 g/mol. The third-order valence-corrected chi connectivity index (χ3v) is 2.26. The summed E-state index contributed by atoms with van der Waals surface area (Å²) in [5.41, 5.74) is 0. The van der Waals surface area contributed by atoms with E-state index in [1.54, 1.807) is 0 Å². The fourth-order valence-corrected chi connectivity index (χ4v) is 1.58. The average Bonchev–Trinajstić information content (AvgIpc) is 2.31. The van der Waals surface area contributed by atoms with Crippen molar-refractivity contribution in [2.24, 2.45) is 0 Å². The van der Waals surface area contributed by atoms with Crippen molar-refractivity contribution in [3.8, 4) is 0 Å². The molecule has 0 bridgehead atoms. The van der Waals surface area contributed by atoms with Crippen molar-refractivity contribution in [1.82, 2.24) is 4.57 Å². The molecule has 0 fully saturated rings. The van der Waals surface area contributed by atoms with Gasteiger partial charge in [0.05, 0.1) is 0 Å². The van der Waals surface area contributed by atoms with Crippen LogP contribution in [0.25, 0.3) is 0 Å². The lowest BCUT2D eigenvalue weighted by molar-refractivity contribution is -0.137. The molecule has 0 saturated carbocycles. The van der Waals surface area contributed by atoms with E-state index in [4.69, 9.17) is 9.66 Å². The third kappa shape index (κ3) is 2.30. The topological polar surface area (TPSA) is 96.6 Å². The summed E-state index contributed by atoms with van der Waals surface area (Å²) in [7, 11) is -4.34. The smallest absolute Gasteiger partial charge is 0.323 e. The summed E-state index contributed by atoms with van der Waals surface area (Å²) in [5.74, 6) is -1.18. The van der Waals surface area contributed by atoms with Gasteiger partial charge in [-0.15, -0.1) is 0 Å². The summed E-state index contributed by atoms with van der Waals surface area (Å²) in [4.78, 5) is 10.2. The maximum atomic E-state index is 10.6. The molecule has 72 valence electrons. The second-order valence-corrected chi connectivity index (χ2v) is 3.71. The predicted octanol–water partition coefficient (Wildman–Crippen LogP) is -0.181. The Morgan fingerprint density at radius 2 is 2.15 bits per heavy atom.